The predicted octanol–water partition coefficient (Wildman–Crippen LogP) is 4.21. The summed E-state index contributed by atoms with van der Waals surface area (Å²) < 4.78 is 0. The summed E-state index contributed by atoms with van der Waals surface area (Å²) in [6.07, 6.45) is 5.65. The van der Waals surface area contributed by atoms with E-state index in [-0.39, 0.29) is 0 Å². The first-order chi connectivity index (χ1) is 9.07. The van der Waals surface area contributed by atoms with Gasteiger partial charge in [-0.1, -0.05) is 37.6 Å². The van der Waals surface area contributed by atoms with Crippen molar-refractivity contribution in [1.82, 2.24) is 0 Å². The fourth-order valence-electron chi connectivity index (χ4n) is 3.28. The first-order valence-electron chi connectivity index (χ1n) is 7.35. The van der Waals surface area contributed by atoms with Crippen molar-refractivity contribution in [1.29, 1.82) is 0 Å². The van der Waals surface area contributed by atoms with Crippen LogP contribution in [0.25, 0.3) is 0 Å². The zero-order chi connectivity index (χ0) is 13.9. The number of benzene rings is 1. The summed E-state index contributed by atoms with van der Waals surface area (Å²) in [7, 11) is 0. The van der Waals surface area contributed by atoms with Crippen LogP contribution in [0.2, 0.25) is 0 Å². The molecule has 1 aromatic carbocycles. The summed E-state index contributed by atoms with van der Waals surface area (Å²) in [6, 6.07) is 8.17. The number of rotatable bonds is 4. The lowest BCUT2D eigenvalue weighted by molar-refractivity contribution is -0.151. The summed E-state index contributed by atoms with van der Waals surface area (Å²) in [5.41, 5.74) is 1.87. The number of carboxylic acid groups (broad SMARTS) is 1. The van der Waals surface area contributed by atoms with E-state index in [2.05, 4.69) is 26.0 Å². The van der Waals surface area contributed by atoms with Gasteiger partial charge in [-0.15, -0.1) is 0 Å². The largest absolute Gasteiger partial charge is 0.481 e. The van der Waals surface area contributed by atoms with Gasteiger partial charge in [0.15, 0.2) is 0 Å². The molecule has 0 radical (unpaired) electrons. The Bertz CT molecular complexity index is 442. The number of aryl methyl sites for hydroxylation is 1. The van der Waals surface area contributed by atoms with Gasteiger partial charge < -0.3 is 5.11 Å². The molecule has 2 nitrogen and oxygen atoms in total. The van der Waals surface area contributed by atoms with E-state index in [1.54, 1.807) is 0 Å². The molecule has 104 valence electrons. The number of carboxylic acids is 1. The first-order valence-corrected chi connectivity index (χ1v) is 7.35. The fourth-order valence-corrected chi connectivity index (χ4v) is 3.28. The maximum absolute atomic E-state index is 11.8. The Balaban J connectivity index is 2.18. The van der Waals surface area contributed by atoms with Crippen LogP contribution in [0.1, 0.15) is 50.2 Å². The van der Waals surface area contributed by atoms with Gasteiger partial charge in [0.2, 0.25) is 0 Å². The Kier molecular flexibility index (Phi) is 4.28. The van der Waals surface area contributed by atoms with E-state index in [1.165, 1.54) is 17.5 Å². The molecule has 1 fully saturated rings. The highest BCUT2D eigenvalue weighted by atomic mass is 16.4. The monoisotopic (exact) mass is 260 g/mol. The van der Waals surface area contributed by atoms with Gasteiger partial charge in [0.1, 0.15) is 0 Å². The van der Waals surface area contributed by atoms with E-state index in [0.29, 0.717) is 6.42 Å². The smallest absolute Gasteiger partial charge is 0.309 e. The minimum absolute atomic E-state index is 0.530. The van der Waals surface area contributed by atoms with Crippen LogP contribution in [0.3, 0.4) is 0 Å². The topological polar surface area (TPSA) is 37.3 Å². The van der Waals surface area contributed by atoms with Gasteiger partial charge in [-0.2, -0.15) is 0 Å². The van der Waals surface area contributed by atoms with Crippen molar-refractivity contribution in [3.05, 3.63) is 35.4 Å². The molecule has 0 aromatic heterocycles. The van der Waals surface area contributed by atoms with Crippen LogP contribution >= 0.6 is 0 Å². The summed E-state index contributed by atoms with van der Waals surface area (Å²) in [6.45, 7) is 4.28. The Morgan fingerprint density at radius 3 is 2.47 bits per heavy atom. The zero-order valence-corrected chi connectivity index (χ0v) is 12.0. The molecular weight excluding hydrogens is 236 g/mol. The Labute approximate surface area is 115 Å². The van der Waals surface area contributed by atoms with Crippen LogP contribution < -0.4 is 0 Å². The third-order valence-corrected chi connectivity index (χ3v) is 4.88. The maximum atomic E-state index is 11.8. The molecule has 0 bridgehead atoms. The van der Waals surface area contributed by atoms with Crippen LogP contribution in [0.4, 0.5) is 0 Å². The molecule has 1 N–H and O–H groups in total. The van der Waals surface area contributed by atoms with E-state index in [0.717, 1.165) is 31.6 Å². The molecule has 0 unspecified atom stereocenters. The van der Waals surface area contributed by atoms with Crippen LogP contribution in [0.15, 0.2) is 24.3 Å². The average Bonchev–Trinajstić information content (AvgIpc) is 2.42. The van der Waals surface area contributed by atoms with Gasteiger partial charge in [0, 0.05) is 0 Å². The van der Waals surface area contributed by atoms with Crippen LogP contribution in [0, 0.1) is 18.3 Å². The average molecular weight is 260 g/mol. The molecule has 0 amide bonds. The highest BCUT2D eigenvalue weighted by Crippen LogP contribution is 2.43. The summed E-state index contributed by atoms with van der Waals surface area (Å²) >= 11 is 0. The van der Waals surface area contributed by atoms with Gasteiger partial charge in [-0.25, -0.2) is 0 Å². The molecule has 1 saturated carbocycles. The Morgan fingerprint density at radius 1 is 1.32 bits per heavy atom. The molecule has 2 heteroatoms. The van der Waals surface area contributed by atoms with Gasteiger partial charge in [-0.05, 0) is 56.1 Å². The van der Waals surface area contributed by atoms with Crippen molar-refractivity contribution < 1.29 is 9.90 Å². The van der Waals surface area contributed by atoms with E-state index in [4.69, 9.17) is 0 Å². The molecule has 1 aliphatic rings. The van der Waals surface area contributed by atoms with Gasteiger partial charge in [0.25, 0.3) is 0 Å². The van der Waals surface area contributed by atoms with Crippen molar-refractivity contribution in [3.8, 4) is 0 Å². The number of hydrogen-bond donors (Lipinski definition) is 1. The molecule has 19 heavy (non-hydrogen) atoms. The molecule has 0 aliphatic heterocycles. The molecule has 0 atom stereocenters. The summed E-state index contributed by atoms with van der Waals surface area (Å²) in [4.78, 5) is 11.8. The van der Waals surface area contributed by atoms with E-state index in [1.807, 2.05) is 12.1 Å². The maximum Gasteiger partial charge on any atom is 0.309 e. The molecule has 0 heterocycles. The quantitative estimate of drug-likeness (QED) is 0.880. The second-order valence-corrected chi connectivity index (χ2v) is 6.04. The lowest BCUT2D eigenvalue weighted by Gasteiger charge is -2.37. The normalized spacial score (nSPS) is 27.2. The van der Waals surface area contributed by atoms with Gasteiger partial charge in [-0.3, -0.25) is 4.79 Å². The number of aliphatic carboxylic acids is 1. The number of carbonyl (C=O) groups is 1. The Hall–Kier alpha value is -1.31. The van der Waals surface area contributed by atoms with Crippen molar-refractivity contribution >= 4 is 5.97 Å². The molecule has 0 spiro atoms. The van der Waals surface area contributed by atoms with Crippen LogP contribution in [0.5, 0.6) is 0 Å². The highest BCUT2D eigenvalue weighted by molar-refractivity contribution is 5.75. The van der Waals surface area contributed by atoms with E-state index >= 15 is 0 Å². The van der Waals surface area contributed by atoms with E-state index in [9.17, 15) is 9.90 Å². The molecule has 2 rings (SSSR count). The number of hydrogen-bond acceptors (Lipinski definition) is 1. The lowest BCUT2D eigenvalue weighted by atomic mass is 9.66. The van der Waals surface area contributed by atoms with Crippen molar-refractivity contribution in [2.75, 3.05) is 0 Å². The van der Waals surface area contributed by atoms with E-state index < -0.39 is 11.4 Å². The third kappa shape index (κ3) is 2.99. The summed E-state index contributed by atoms with van der Waals surface area (Å²) in [5.74, 6) is 0.120. The second kappa shape index (κ2) is 5.77. The van der Waals surface area contributed by atoms with Crippen molar-refractivity contribution in [3.63, 3.8) is 0 Å². The lowest BCUT2D eigenvalue weighted by Crippen LogP contribution is -2.37. The second-order valence-electron chi connectivity index (χ2n) is 6.04. The summed E-state index contributed by atoms with van der Waals surface area (Å²) in [5, 5.41) is 9.70. The fraction of sp³-hybridized carbons (Fsp3) is 0.588. The highest BCUT2D eigenvalue weighted by Gasteiger charge is 2.41. The molecule has 1 aliphatic carbocycles. The molecular formula is C17H24O2. The zero-order valence-electron chi connectivity index (χ0n) is 12.0. The minimum atomic E-state index is -0.606. The third-order valence-electron chi connectivity index (χ3n) is 4.88. The molecule has 1 aromatic rings. The SMILES string of the molecule is CCC1CCC(Cc2ccccc2C)(C(=O)O)CC1. The molecule has 0 saturated heterocycles. The predicted molar refractivity (Wildman–Crippen MR) is 77.2 cm³/mol. The van der Waals surface area contributed by atoms with Crippen LogP contribution in [-0.4, -0.2) is 11.1 Å². The first kappa shape index (κ1) is 14.1. The minimum Gasteiger partial charge on any atom is -0.481 e. The Morgan fingerprint density at radius 2 is 1.95 bits per heavy atom. The van der Waals surface area contributed by atoms with Crippen molar-refractivity contribution in [2.24, 2.45) is 11.3 Å². The standard InChI is InChI=1S/C17H24O2/c1-3-14-8-10-17(11-9-14,16(18)19)12-15-7-5-4-6-13(15)2/h4-7,14H,3,8-12H2,1-2H3,(H,18,19). The van der Waals surface area contributed by atoms with Gasteiger partial charge in [0.05, 0.1) is 5.41 Å². The van der Waals surface area contributed by atoms with Crippen molar-refractivity contribution in [2.45, 2.75) is 52.4 Å². The van der Waals surface area contributed by atoms with Crippen LogP contribution in [-0.2, 0) is 11.2 Å². The van der Waals surface area contributed by atoms with Gasteiger partial charge >= 0.3 is 5.97 Å².